The molecule has 0 bridgehead atoms. The molecule has 0 spiro atoms. The Bertz CT molecular complexity index is 1570. The van der Waals surface area contributed by atoms with Gasteiger partial charge >= 0.3 is 10.1 Å². The topological polar surface area (TPSA) is 76.2 Å². The molecule has 0 amide bonds. The van der Waals surface area contributed by atoms with Crippen LogP contribution in [0.15, 0.2) is 64.3 Å². The SMILES string of the molecule is O=c1[nH]c(COS(=O)(=O)c2c(F)c(F)c(F)c(F)c2CF)cc2ccc(-c3ccccc3)cc12. The lowest BCUT2D eigenvalue weighted by atomic mass is 10.0. The van der Waals surface area contributed by atoms with Gasteiger partial charge in [0.2, 0.25) is 0 Å². The molecule has 3 aromatic carbocycles. The first-order chi connectivity index (χ1) is 16.1. The second-order valence-electron chi connectivity index (χ2n) is 7.21. The first-order valence-electron chi connectivity index (χ1n) is 9.65. The van der Waals surface area contributed by atoms with Crippen molar-refractivity contribution >= 4 is 20.9 Å². The van der Waals surface area contributed by atoms with E-state index in [4.69, 9.17) is 0 Å². The van der Waals surface area contributed by atoms with Gasteiger partial charge in [-0.05, 0) is 28.6 Å². The summed E-state index contributed by atoms with van der Waals surface area (Å²) in [5.74, 6) is -9.27. The highest BCUT2D eigenvalue weighted by Crippen LogP contribution is 2.30. The maximum Gasteiger partial charge on any atom is 0.300 e. The maximum absolute atomic E-state index is 14.1. The van der Waals surface area contributed by atoms with E-state index in [1.807, 2.05) is 30.3 Å². The Morgan fingerprint density at radius 1 is 0.824 bits per heavy atom. The molecule has 11 heteroatoms. The van der Waals surface area contributed by atoms with E-state index in [1.165, 1.54) is 6.07 Å². The van der Waals surface area contributed by atoms with E-state index < -0.39 is 62.7 Å². The molecule has 0 unspecified atom stereocenters. The van der Waals surface area contributed by atoms with Crippen LogP contribution in [0.4, 0.5) is 22.0 Å². The first-order valence-corrected chi connectivity index (χ1v) is 11.1. The van der Waals surface area contributed by atoms with Crippen molar-refractivity contribution in [3.05, 3.63) is 99.5 Å². The number of benzene rings is 3. The van der Waals surface area contributed by atoms with Crippen LogP contribution in [0.1, 0.15) is 11.3 Å². The van der Waals surface area contributed by atoms with Gasteiger partial charge in [-0.1, -0.05) is 42.5 Å². The Balaban J connectivity index is 1.67. The molecular weight excluding hydrogens is 481 g/mol. The van der Waals surface area contributed by atoms with Crippen molar-refractivity contribution < 1.29 is 34.6 Å². The molecule has 0 saturated carbocycles. The van der Waals surface area contributed by atoms with Crippen molar-refractivity contribution in [3.8, 4) is 11.1 Å². The Kier molecular flexibility index (Phi) is 6.24. The summed E-state index contributed by atoms with van der Waals surface area (Å²) >= 11 is 0. The zero-order valence-electron chi connectivity index (χ0n) is 17.0. The number of halogens is 5. The summed E-state index contributed by atoms with van der Waals surface area (Å²) in [5, 5.41) is 0.718. The van der Waals surface area contributed by atoms with Crippen LogP contribution in [-0.2, 0) is 27.6 Å². The predicted molar refractivity (Wildman–Crippen MR) is 113 cm³/mol. The van der Waals surface area contributed by atoms with Gasteiger partial charge in [-0.3, -0.25) is 8.98 Å². The van der Waals surface area contributed by atoms with Crippen LogP contribution in [0, 0.1) is 23.3 Å². The molecule has 0 atom stereocenters. The van der Waals surface area contributed by atoms with Crippen molar-refractivity contribution in [3.63, 3.8) is 0 Å². The molecule has 1 N–H and O–H groups in total. The van der Waals surface area contributed by atoms with Gasteiger partial charge in [0.15, 0.2) is 23.3 Å². The first kappa shape index (κ1) is 23.6. The Morgan fingerprint density at radius 2 is 1.50 bits per heavy atom. The van der Waals surface area contributed by atoms with Gasteiger partial charge < -0.3 is 4.98 Å². The third kappa shape index (κ3) is 4.19. The van der Waals surface area contributed by atoms with E-state index in [1.54, 1.807) is 18.2 Å². The van der Waals surface area contributed by atoms with E-state index in [2.05, 4.69) is 9.17 Å². The molecule has 0 saturated heterocycles. The van der Waals surface area contributed by atoms with E-state index in [9.17, 15) is 35.2 Å². The quantitative estimate of drug-likeness (QED) is 0.174. The smallest absolute Gasteiger partial charge is 0.300 e. The summed E-state index contributed by atoms with van der Waals surface area (Å²) in [4.78, 5) is 13.2. The van der Waals surface area contributed by atoms with Crippen molar-refractivity contribution in [2.75, 3.05) is 0 Å². The van der Waals surface area contributed by atoms with Crippen LogP contribution in [-0.4, -0.2) is 13.4 Å². The molecule has 0 aliphatic rings. The summed E-state index contributed by atoms with van der Waals surface area (Å²) in [7, 11) is -5.29. The molecule has 4 aromatic rings. The monoisotopic (exact) mass is 495 g/mol. The molecule has 1 aromatic heterocycles. The summed E-state index contributed by atoms with van der Waals surface area (Å²) in [6.07, 6.45) is 0. The fraction of sp³-hybridized carbons (Fsp3) is 0.0870. The summed E-state index contributed by atoms with van der Waals surface area (Å²) in [5.41, 5.74) is -0.567. The fourth-order valence-electron chi connectivity index (χ4n) is 3.44. The van der Waals surface area contributed by atoms with Crippen molar-refractivity contribution in [1.29, 1.82) is 0 Å². The number of nitrogens with one attached hydrogen (secondary N) is 1. The van der Waals surface area contributed by atoms with Gasteiger partial charge in [-0.15, -0.1) is 0 Å². The highest BCUT2D eigenvalue weighted by molar-refractivity contribution is 7.86. The van der Waals surface area contributed by atoms with E-state index in [0.717, 1.165) is 11.1 Å². The lowest BCUT2D eigenvalue weighted by Gasteiger charge is -2.12. The van der Waals surface area contributed by atoms with Crippen molar-refractivity contribution in [1.82, 2.24) is 4.98 Å². The van der Waals surface area contributed by atoms with Gasteiger partial charge in [0.1, 0.15) is 18.2 Å². The molecule has 0 radical (unpaired) electrons. The summed E-state index contributed by atoms with van der Waals surface area (Å²) in [6.45, 7) is -2.81. The third-order valence-corrected chi connectivity index (χ3v) is 6.43. The molecule has 34 heavy (non-hydrogen) atoms. The maximum atomic E-state index is 14.1. The van der Waals surface area contributed by atoms with Gasteiger partial charge in [0.25, 0.3) is 5.56 Å². The lowest BCUT2D eigenvalue weighted by molar-refractivity contribution is 0.295. The van der Waals surface area contributed by atoms with Crippen LogP contribution in [0.3, 0.4) is 0 Å². The van der Waals surface area contributed by atoms with Crippen LogP contribution >= 0.6 is 0 Å². The third-order valence-electron chi connectivity index (χ3n) is 5.08. The number of aromatic nitrogens is 1. The minimum absolute atomic E-state index is 0.0706. The number of hydrogen-bond acceptors (Lipinski definition) is 4. The molecule has 0 aliphatic heterocycles. The van der Waals surface area contributed by atoms with Crippen LogP contribution in [0.25, 0.3) is 21.9 Å². The molecule has 0 aliphatic carbocycles. The minimum atomic E-state index is -5.29. The number of pyridine rings is 1. The summed E-state index contributed by atoms with van der Waals surface area (Å²) in [6, 6.07) is 15.6. The average molecular weight is 495 g/mol. The van der Waals surface area contributed by atoms with E-state index in [0.29, 0.717) is 10.8 Å². The second kappa shape index (κ2) is 8.99. The van der Waals surface area contributed by atoms with Gasteiger partial charge in [0.05, 0.1) is 0 Å². The highest BCUT2D eigenvalue weighted by Gasteiger charge is 2.33. The van der Waals surface area contributed by atoms with Crippen LogP contribution in [0.5, 0.6) is 0 Å². The molecule has 4 rings (SSSR count). The Morgan fingerprint density at radius 3 is 2.18 bits per heavy atom. The van der Waals surface area contributed by atoms with Gasteiger partial charge in [0, 0.05) is 16.6 Å². The zero-order chi connectivity index (χ0) is 24.6. The van der Waals surface area contributed by atoms with Crippen LogP contribution < -0.4 is 5.56 Å². The van der Waals surface area contributed by atoms with E-state index in [-0.39, 0.29) is 5.69 Å². The number of hydrogen-bond donors (Lipinski definition) is 1. The number of fused-ring (bicyclic) bond motifs is 1. The summed E-state index contributed by atoms with van der Waals surface area (Å²) < 4.78 is 97.4. The number of alkyl halides is 1. The highest BCUT2D eigenvalue weighted by atomic mass is 32.2. The minimum Gasteiger partial charge on any atom is -0.323 e. The molecule has 5 nitrogen and oxygen atoms in total. The lowest BCUT2D eigenvalue weighted by Crippen LogP contribution is -2.17. The normalized spacial score (nSPS) is 11.8. The van der Waals surface area contributed by atoms with E-state index >= 15 is 0 Å². The fourth-order valence-corrected chi connectivity index (χ4v) is 4.60. The number of H-pyrrole nitrogens is 1. The Labute approximate surface area is 189 Å². The number of rotatable bonds is 6. The number of aromatic amines is 1. The Hall–Kier alpha value is -3.57. The van der Waals surface area contributed by atoms with Gasteiger partial charge in [-0.25, -0.2) is 22.0 Å². The molecular formula is C23H14F5NO4S. The second-order valence-corrected chi connectivity index (χ2v) is 8.76. The average Bonchev–Trinajstić information content (AvgIpc) is 2.83. The standard InChI is InChI=1S/C23H14F5NO4S/c24-10-17-18(25)19(26)20(27)21(28)22(17)34(31,32)33-11-15-8-14-7-6-13(9-16(14)23(30)29-15)12-4-2-1-3-5-12/h1-9H,10-11H2,(H,29,30). The van der Waals surface area contributed by atoms with Crippen LogP contribution in [0.2, 0.25) is 0 Å². The molecule has 176 valence electrons. The molecule has 0 fully saturated rings. The zero-order valence-corrected chi connectivity index (χ0v) is 17.9. The van der Waals surface area contributed by atoms with Gasteiger partial charge in [-0.2, -0.15) is 8.42 Å². The predicted octanol–water partition coefficient (Wildman–Crippen LogP) is 5.13. The largest absolute Gasteiger partial charge is 0.323 e. The molecule has 1 heterocycles. The van der Waals surface area contributed by atoms with Crippen molar-refractivity contribution in [2.24, 2.45) is 0 Å². The van der Waals surface area contributed by atoms with Crippen molar-refractivity contribution in [2.45, 2.75) is 18.2 Å².